The first-order valence-electron chi connectivity index (χ1n) is 10.2. The molecule has 1 aliphatic rings. The van der Waals surface area contributed by atoms with Crippen LogP contribution in [0.3, 0.4) is 0 Å². The zero-order valence-corrected chi connectivity index (χ0v) is 16.6. The summed E-state index contributed by atoms with van der Waals surface area (Å²) in [6.45, 7) is 5.83. The van der Waals surface area contributed by atoms with E-state index in [1.165, 1.54) is 5.56 Å². The summed E-state index contributed by atoms with van der Waals surface area (Å²) in [7, 11) is 0. The SMILES string of the molecule is CCCOc1ccc(/C=C/C(=O)NC2CCN(Cc3ccccc3)CC2)cc1. The molecule has 4 heteroatoms. The standard InChI is InChI=1S/C24H30N2O2/c1-2-18-28-23-11-8-20(9-12-23)10-13-24(27)25-22-14-16-26(17-15-22)19-21-6-4-3-5-7-21/h3-13,22H,2,14-19H2,1H3,(H,25,27)/b13-10+. The molecule has 1 aliphatic heterocycles. The van der Waals surface area contributed by atoms with Gasteiger partial charge in [-0.2, -0.15) is 0 Å². The van der Waals surface area contributed by atoms with Gasteiger partial charge < -0.3 is 10.1 Å². The lowest BCUT2D eigenvalue weighted by Gasteiger charge is -2.32. The minimum absolute atomic E-state index is 0.0205. The maximum absolute atomic E-state index is 12.2. The van der Waals surface area contributed by atoms with Crippen molar-refractivity contribution in [2.75, 3.05) is 19.7 Å². The molecule has 0 aliphatic carbocycles. The molecule has 0 radical (unpaired) electrons. The van der Waals surface area contributed by atoms with Gasteiger partial charge in [-0.15, -0.1) is 0 Å². The van der Waals surface area contributed by atoms with Gasteiger partial charge in [-0.05, 0) is 48.6 Å². The summed E-state index contributed by atoms with van der Waals surface area (Å²) in [4.78, 5) is 14.7. The summed E-state index contributed by atoms with van der Waals surface area (Å²) in [5, 5.41) is 3.14. The van der Waals surface area contributed by atoms with E-state index in [1.54, 1.807) is 6.08 Å². The second-order valence-electron chi connectivity index (χ2n) is 7.30. The molecule has 3 rings (SSSR count). The van der Waals surface area contributed by atoms with Gasteiger partial charge in [0.2, 0.25) is 5.91 Å². The van der Waals surface area contributed by atoms with Gasteiger partial charge >= 0.3 is 0 Å². The normalized spacial score (nSPS) is 15.6. The van der Waals surface area contributed by atoms with Crippen LogP contribution in [0.1, 0.15) is 37.3 Å². The van der Waals surface area contributed by atoms with Crippen LogP contribution >= 0.6 is 0 Å². The number of hydrogen-bond acceptors (Lipinski definition) is 3. The first kappa shape index (κ1) is 20.2. The number of nitrogens with one attached hydrogen (secondary N) is 1. The van der Waals surface area contributed by atoms with Gasteiger partial charge in [-0.1, -0.05) is 49.4 Å². The fourth-order valence-corrected chi connectivity index (χ4v) is 3.39. The molecular formula is C24H30N2O2. The van der Waals surface area contributed by atoms with Crippen molar-refractivity contribution in [2.45, 2.75) is 38.8 Å². The Morgan fingerprint density at radius 1 is 1.11 bits per heavy atom. The van der Waals surface area contributed by atoms with Gasteiger partial charge in [0, 0.05) is 31.8 Å². The Bertz CT molecular complexity index is 748. The number of amides is 1. The highest BCUT2D eigenvalue weighted by Gasteiger charge is 2.19. The summed E-state index contributed by atoms with van der Waals surface area (Å²) in [6.07, 6.45) is 6.46. The number of carbonyl (C=O) groups excluding carboxylic acids is 1. The summed E-state index contributed by atoms with van der Waals surface area (Å²) in [5.41, 5.74) is 2.34. The average Bonchev–Trinajstić information content (AvgIpc) is 2.74. The van der Waals surface area contributed by atoms with E-state index in [9.17, 15) is 4.79 Å². The molecule has 0 saturated carbocycles. The smallest absolute Gasteiger partial charge is 0.244 e. The molecular weight excluding hydrogens is 348 g/mol. The Kier molecular flexibility index (Phi) is 7.68. The molecule has 0 aromatic heterocycles. The number of rotatable bonds is 8. The van der Waals surface area contributed by atoms with Crippen LogP contribution < -0.4 is 10.1 Å². The molecule has 0 spiro atoms. The van der Waals surface area contributed by atoms with Gasteiger partial charge in [-0.3, -0.25) is 9.69 Å². The maximum atomic E-state index is 12.2. The van der Waals surface area contributed by atoms with Gasteiger partial charge in [0.1, 0.15) is 5.75 Å². The molecule has 1 saturated heterocycles. The topological polar surface area (TPSA) is 41.6 Å². The fourth-order valence-electron chi connectivity index (χ4n) is 3.39. The molecule has 0 unspecified atom stereocenters. The van der Waals surface area contributed by atoms with E-state index in [0.717, 1.165) is 56.8 Å². The van der Waals surface area contributed by atoms with Crippen LogP contribution in [0.25, 0.3) is 6.08 Å². The third kappa shape index (κ3) is 6.54. The van der Waals surface area contributed by atoms with E-state index < -0.39 is 0 Å². The first-order chi connectivity index (χ1) is 13.7. The Morgan fingerprint density at radius 3 is 2.50 bits per heavy atom. The van der Waals surface area contributed by atoms with Crippen LogP contribution in [-0.2, 0) is 11.3 Å². The second-order valence-corrected chi connectivity index (χ2v) is 7.30. The molecule has 0 bridgehead atoms. The maximum Gasteiger partial charge on any atom is 0.244 e. The molecule has 2 aromatic carbocycles. The van der Waals surface area contributed by atoms with Crippen LogP contribution in [0, 0.1) is 0 Å². The van der Waals surface area contributed by atoms with Crippen molar-refractivity contribution in [2.24, 2.45) is 0 Å². The zero-order valence-electron chi connectivity index (χ0n) is 16.6. The van der Waals surface area contributed by atoms with Crippen molar-refractivity contribution in [3.05, 3.63) is 71.8 Å². The van der Waals surface area contributed by atoms with E-state index in [-0.39, 0.29) is 11.9 Å². The summed E-state index contributed by atoms with van der Waals surface area (Å²) < 4.78 is 5.57. The average molecular weight is 379 g/mol. The number of likely N-dealkylation sites (tertiary alicyclic amines) is 1. The van der Waals surface area contributed by atoms with Crippen molar-refractivity contribution in [3.8, 4) is 5.75 Å². The van der Waals surface area contributed by atoms with Gasteiger partial charge in [0.05, 0.1) is 6.61 Å². The molecule has 1 amide bonds. The number of carbonyl (C=O) groups is 1. The zero-order chi connectivity index (χ0) is 19.6. The highest BCUT2D eigenvalue weighted by molar-refractivity contribution is 5.91. The fraction of sp³-hybridized carbons (Fsp3) is 0.375. The number of piperidine rings is 1. The van der Waals surface area contributed by atoms with Crippen molar-refractivity contribution in [1.82, 2.24) is 10.2 Å². The predicted octanol–water partition coefficient (Wildman–Crippen LogP) is 4.27. The van der Waals surface area contributed by atoms with Crippen LogP contribution in [-0.4, -0.2) is 36.5 Å². The number of ether oxygens (including phenoxy) is 1. The lowest BCUT2D eigenvalue weighted by molar-refractivity contribution is -0.117. The Hall–Kier alpha value is -2.59. The first-order valence-corrected chi connectivity index (χ1v) is 10.2. The molecule has 1 N–H and O–H groups in total. The van der Waals surface area contributed by atoms with Crippen molar-refractivity contribution >= 4 is 12.0 Å². The molecule has 1 heterocycles. The highest BCUT2D eigenvalue weighted by atomic mass is 16.5. The minimum atomic E-state index is -0.0205. The van der Waals surface area contributed by atoms with E-state index in [0.29, 0.717) is 0 Å². The highest BCUT2D eigenvalue weighted by Crippen LogP contribution is 2.15. The molecule has 4 nitrogen and oxygen atoms in total. The molecule has 148 valence electrons. The largest absolute Gasteiger partial charge is 0.494 e. The van der Waals surface area contributed by atoms with Crippen LogP contribution in [0.15, 0.2) is 60.7 Å². The van der Waals surface area contributed by atoms with E-state index in [2.05, 4.69) is 41.4 Å². The number of nitrogens with zero attached hydrogens (tertiary/aromatic N) is 1. The molecule has 28 heavy (non-hydrogen) atoms. The van der Waals surface area contributed by atoms with Gasteiger partial charge in [0.25, 0.3) is 0 Å². The Labute approximate surface area is 168 Å². The molecule has 1 fully saturated rings. The van der Waals surface area contributed by atoms with Gasteiger partial charge in [-0.25, -0.2) is 0 Å². The van der Waals surface area contributed by atoms with Crippen LogP contribution in [0.4, 0.5) is 0 Å². The number of benzene rings is 2. The van der Waals surface area contributed by atoms with Crippen molar-refractivity contribution < 1.29 is 9.53 Å². The predicted molar refractivity (Wildman–Crippen MR) is 114 cm³/mol. The molecule has 2 aromatic rings. The third-order valence-corrected chi connectivity index (χ3v) is 4.96. The lowest BCUT2D eigenvalue weighted by Crippen LogP contribution is -2.43. The summed E-state index contributed by atoms with van der Waals surface area (Å²) >= 11 is 0. The van der Waals surface area contributed by atoms with E-state index in [4.69, 9.17) is 4.74 Å². The molecule has 0 atom stereocenters. The minimum Gasteiger partial charge on any atom is -0.494 e. The lowest BCUT2D eigenvalue weighted by atomic mass is 10.0. The monoisotopic (exact) mass is 378 g/mol. The van der Waals surface area contributed by atoms with E-state index in [1.807, 2.05) is 36.4 Å². The van der Waals surface area contributed by atoms with Crippen molar-refractivity contribution in [3.63, 3.8) is 0 Å². The number of hydrogen-bond donors (Lipinski definition) is 1. The van der Waals surface area contributed by atoms with E-state index >= 15 is 0 Å². The second kappa shape index (κ2) is 10.7. The summed E-state index contributed by atoms with van der Waals surface area (Å²) in [6, 6.07) is 18.6. The quantitative estimate of drug-likeness (QED) is 0.698. The van der Waals surface area contributed by atoms with Gasteiger partial charge in [0.15, 0.2) is 0 Å². The summed E-state index contributed by atoms with van der Waals surface area (Å²) in [5.74, 6) is 0.846. The van der Waals surface area contributed by atoms with Crippen LogP contribution in [0.2, 0.25) is 0 Å². The Balaban J connectivity index is 1.40. The third-order valence-electron chi connectivity index (χ3n) is 4.96. The van der Waals surface area contributed by atoms with Crippen LogP contribution in [0.5, 0.6) is 5.75 Å². The van der Waals surface area contributed by atoms with Crippen molar-refractivity contribution in [1.29, 1.82) is 0 Å². The Morgan fingerprint density at radius 2 is 1.82 bits per heavy atom.